The molecule has 0 unspecified atom stereocenters. The Morgan fingerprint density at radius 1 is 1.38 bits per heavy atom. The van der Waals surface area contributed by atoms with Crippen LogP contribution in [0.2, 0.25) is 0 Å². The van der Waals surface area contributed by atoms with Crippen LogP contribution in [0.25, 0.3) is 11.3 Å². The number of hydrogen-bond acceptors (Lipinski definition) is 3. The van der Waals surface area contributed by atoms with Crippen molar-refractivity contribution >= 4 is 0 Å². The Hall–Kier alpha value is -1.61. The van der Waals surface area contributed by atoms with Gasteiger partial charge in [-0.15, -0.1) is 0 Å². The zero-order valence-electron chi connectivity index (χ0n) is 9.44. The lowest BCUT2D eigenvalue weighted by Crippen LogP contribution is -2.01. The van der Waals surface area contributed by atoms with Gasteiger partial charge in [0.05, 0.1) is 6.20 Å². The first-order valence-electron chi connectivity index (χ1n) is 5.49. The van der Waals surface area contributed by atoms with Gasteiger partial charge in [-0.2, -0.15) is 0 Å². The van der Waals surface area contributed by atoms with Gasteiger partial charge in [-0.05, 0) is 37.9 Å². The van der Waals surface area contributed by atoms with Crippen molar-refractivity contribution in [2.75, 3.05) is 6.54 Å². The zero-order valence-corrected chi connectivity index (χ0v) is 9.44. The molecule has 0 saturated carbocycles. The molecule has 0 aliphatic carbocycles. The molecule has 0 bridgehead atoms. The third kappa shape index (κ3) is 2.31. The fraction of sp³-hybridized carbons (Fsp3) is 0.308. The van der Waals surface area contributed by atoms with Gasteiger partial charge in [0, 0.05) is 5.56 Å². The average Bonchev–Trinajstić information content (AvgIpc) is 2.80. The summed E-state index contributed by atoms with van der Waals surface area (Å²) in [4.78, 5) is 3.96. The number of benzene rings is 1. The summed E-state index contributed by atoms with van der Waals surface area (Å²) in [5.41, 5.74) is 9.17. The van der Waals surface area contributed by atoms with Crippen LogP contribution in [0.1, 0.15) is 17.5 Å². The van der Waals surface area contributed by atoms with Crippen molar-refractivity contribution in [2.24, 2.45) is 5.73 Å². The van der Waals surface area contributed by atoms with Gasteiger partial charge in [0.2, 0.25) is 0 Å². The quantitative estimate of drug-likeness (QED) is 0.854. The summed E-state index contributed by atoms with van der Waals surface area (Å²) >= 11 is 0. The number of hydrogen-bond donors (Lipinski definition) is 1. The maximum atomic E-state index is 5.54. The summed E-state index contributed by atoms with van der Waals surface area (Å²) in [5, 5.41) is 0. The molecule has 0 atom stereocenters. The van der Waals surface area contributed by atoms with Crippen LogP contribution in [0.3, 0.4) is 0 Å². The first-order valence-corrected chi connectivity index (χ1v) is 5.49. The fourth-order valence-electron chi connectivity index (χ4n) is 1.78. The van der Waals surface area contributed by atoms with E-state index >= 15 is 0 Å². The molecule has 0 spiro atoms. The number of aromatic nitrogens is 1. The fourth-order valence-corrected chi connectivity index (χ4v) is 1.78. The molecule has 3 nitrogen and oxygen atoms in total. The molecule has 0 fully saturated rings. The third-order valence-corrected chi connectivity index (χ3v) is 2.61. The molecular weight excluding hydrogens is 200 g/mol. The van der Waals surface area contributed by atoms with E-state index in [1.807, 2.05) is 0 Å². The van der Waals surface area contributed by atoms with Gasteiger partial charge in [-0.3, -0.25) is 0 Å². The Labute approximate surface area is 95.3 Å². The maximum absolute atomic E-state index is 5.54. The van der Waals surface area contributed by atoms with Crippen LogP contribution in [-0.4, -0.2) is 11.5 Å². The SMILES string of the molecule is Cc1ccc(CCCN)c(-c2cnco2)c1. The Bertz CT molecular complexity index is 449. The van der Waals surface area contributed by atoms with Crippen molar-refractivity contribution in [3.63, 3.8) is 0 Å². The van der Waals surface area contributed by atoms with E-state index < -0.39 is 0 Å². The van der Waals surface area contributed by atoms with E-state index in [9.17, 15) is 0 Å². The molecule has 1 aromatic carbocycles. The normalized spacial score (nSPS) is 10.6. The summed E-state index contributed by atoms with van der Waals surface area (Å²) < 4.78 is 5.35. The topological polar surface area (TPSA) is 52.0 Å². The van der Waals surface area contributed by atoms with Gasteiger partial charge in [0.15, 0.2) is 12.2 Å². The molecule has 16 heavy (non-hydrogen) atoms. The van der Waals surface area contributed by atoms with Crippen LogP contribution in [0.15, 0.2) is 35.2 Å². The molecule has 2 N–H and O–H groups in total. The predicted octanol–water partition coefficient (Wildman–Crippen LogP) is 2.54. The number of oxazole rings is 1. The molecule has 0 radical (unpaired) electrons. The van der Waals surface area contributed by atoms with Gasteiger partial charge < -0.3 is 10.2 Å². The molecule has 84 valence electrons. The second-order valence-electron chi connectivity index (χ2n) is 3.92. The Balaban J connectivity index is 2.37. The first-order chi connectivity index (χ1) is 7.81. The Morgan fingerprint density at radius 2 is 2.25 bits per heavy atom. The minimum atomic E-state index is 0.712. The van der Waals surface area contributed by atoms with E-state index in [-0.39, 0.29) is 0 Å². The average molecular weight is 216 g/mol. The van der Waals surface area contributed by atoms with Crippen molar-refractivity contribution in [1.29, 1.82) is 0 Å². The highest BCUT2D eigenvalue weighted by molar-refractivity contribution is 5.62. The molecule has 0 aliphatic rings. The summed E-state index contributed by atoms with van der Waals surface area (Å²) in [7, 11) is 0. The largest absolute Gasteiger partial charge is 0.444 e. The molecule has 0 saturated heterocycles. The van der Waals surface area contributed by atoms with Crippen LogP contribution in [0.5, 0.6) is 0 Å². The first kappa shape index (κ1) is 10.9. The van der Waals surface area contributed by atoms with Gasteiger partial charge in [-0.25, -0.2) is 4.98 Å². The summed E-state index contributed by atoms with van der Waals surface area (Å²) in [5.74, 6) is 0.829. The van der Waals surface area contributed by atoms with E-state index in [1.165, 1.54) is 17.5 Å². The van der Waals surface area contributed by atoms with E-state index in [1.54, 1.807) is 6.20 Å². The predicted molar refractivity (Wildman–Crippen MR) is 64.1 cm³/mol. The van der Waals surface area contributed by atoms with Crippen LogP contribution >= 0.6 is 0 Å². The molecule has 3 heteroatoms. The number of aryl methyl sites for hydroxylation is 2. The van der Waals surface area contributed by atoms with Gasteiger partial charge in [0.25, 0.3) is 0 Å². The zero-order chi connectivity index (χ0) is 11.4. The molecule has 1 aromatic heterocycles. The maximum Gasteiger partial charge on any atom is 0.181 e. The Kier molecular flexibility index (Phi) is 3.37. The van der Waals surface area contributed by atoms with Gasteiger partial charge in [0.1, 0.15) is 0 Å². The Morgan fingerprint density at radius 3 is 2.94 bits per heavy atom. The van der Waals surface area contributed by atoms with Crippen LogP contribution in [0, 0.1) is 6.92 Å². The smallest absolute Gasteiger partial charge is 0.181 e. The lowest BCUT2D eigenvalue weighted by atomic mass is 9.99. The second kappa shape index (κ2) is 4.94. The van der Waals surface area contributed by atoms with Crippen molar-refractivity contribution in [1.82, 2.24) is 4.98 Å². The number of nitrogens with zero attached hydrogens (tertiary/aromatic N) is 1. The van der Waals surface area contributed by atoms with Crippen molar-refractivity contribution in [2.45, 2.75) is 19.8 Å². The van der Waals surface area contributed by atoms with Crippen LogP contribution in [0.4, 0.5) is 0 Å². The lowest BCUT2D eigenvalue weighted by molar-refractivity contribution is 0.571. The molecule has 2 rings (SSSR count). The van der Waals surface area contributed by atoms with Crippen molar-refractivity contribution in [3.05, 3.63) is 41.9 Å². The van der Waals surface area contributed by atoms with Crippen molar-refractivity contribution < 1.29 is 4.42 Å². The highest BCUT2D eigenvalue weighted by Crippen LogP contribution is 2.25. The van der Waals surface area contributed by atoms with E-state index in [2.05, 4.69) is 30.1 Å². The number of rotatable bonds is 4. The highest BCUT2D eigenvalue weighted by atomic mass is 16.3. The molecule has 0 aliphatic heterocycles. The van der Waals surface area contributed by atoms with E-state index in [4.69, 9.17) is 10.2 Å². The standard InChI is InChI=1S/C13H16N2O/c1-10-4-5-11(3-2-6-14)12(7-10)13-8-15-9-16-13/h4-5,7-9H,2-3,6,14H2,1H3. The second-order valence-corrected chi connectivity index (χ2v) is 3.92. The van der Waals surface area contributed by atoms with Crippen LogP contribution in [-0.2, 0) is 6.42 Å². The van der Waals surface area contributed by atoms with Crippen molar-refractivity contribution in [3.8, 4) is 11.3 Å². The molecule has 1 heterocycles. The summed E-state index contributed by atoms with van der Waals surface area (Å²) in [6.45, 7) is 2.79. The summed E-state index contributed by atoms with van der Waals surface area (Å²) in [6.07, 6.45) is 5.18. The van der Waals surface area contributed by atoms with E-state index in [0.29, 0.717) is 6.54 Å². The summed E-state index contributed by atoms with van der Waals surface area (Å²) in [6, 6.07) is 6.39. The minimum absolute atomic E-state index is 0.712. The third-order valence-electron chi connectivity index (χ3n) is 2.61. The minimum Gasteiger partial charge on any atom is -0.444 e. The monoisotopic (exact) mass is 216 g/mol. The van der Waals surface area contributed by atoms with Gasteiger partial charge >= 0.3 is 0 Å². The highest BCUT2D eigenvalue weighted by Gasteiger charge is 2.08. The van der Waals surface area contributed by atoms with Gasteiger partial charge in [-0.1, -0.05) is 17.7 Å². The molecule has 2 aromatic rings. The number of nitrogens with two attached hydrogens (primary N) is 1. The van der Waals surface area contributed by atoms with Crippen LogP contribution < -0.4 is 5.73 Å². The molecule has 0 amide bonds. The lowest BCUT2D eigenvalue weighted by Gasteiger charge is -2.07. The molecular formula is C13H16N2O. The van der Waals surface area contributed by atoms with E-state index in [0.717, 1.165) is 24.2 Å².